The van der Waals surface area contributed by atoms with Crippen LogP contribution in [-0.4, -0.2) is 27.7 Å². The molecule has 3 aromatic rings. The van der Waals surface area contributed by atoms with Crippen molar-refractivity contribution in [2.75, 3.05) is 0 Å². The zero-order valence-corrected chi connectivity index (χ0v) is 19.5. The van der Waals surface area contributed by atoms with Gasteiger partial charge in [-0.1, -0.05) is 43.3 Å². The molecule has 0 spiro atoms. The van der Waals surface area contributed by atoms with Crippen LogP contribution in [0.25, 0.3) is 11.1 Å². The van der Waals surface area contributed by atoms with Crippen LogP contribution in [0.15, 0.2) is 47.8 Å². The van der Waals surface area contributed by atoms with E-state index in [1.54, 1.807) is 18.2 Å². The molecule has 0 aliphatic heterocycles. The molecular weight excluding hydrogens is 494 g/mol. The van der Waals surface area contributed by atoms with Crippen molar-refractivity contribution in [3.63, 3.8) is 0 Å². The minimum absolute atomic E-state index is 0.133. The summed E-state index contributed by atoms with van der Waals surface area (Å²) in [5.41, 5.74) is -4.58. The first-order valence-corrected chi connectivity index (χ1v) is 11.6. The van der Waals surface area contributed by atoms with Crippen molar-refractivity contribution in [2.45, 2.75) is 57.4 Å². The Morgan fingerprint density at radius 3 is 2.03 bits per heavy atom. The Labute approximate surface area is 202 Å². The Morgan fingerprint density at radius 1 is 0.800 bits per heavy atom. The fourth-order valence-corrected chi connectivity index (χ4v) is 4.95. The van der Waals surface area contributed by atoms with E-state index in [2.05, 4.69) is 0 Å². The number of alkyl halides is 6. The van der Waals surface area contributed by atoms with E-state index < -0.39 is 23.5 Å². The lowest BCUT2D eigenvalue weighted by atomic mass is 9.82. The predicted octanol–water partition coefficient (Wildman–Crippen LogP) is 6.06. The molecule has 0 fully saturated rings. The molecule has 0 amide bonds. The van der Waals surface area contributed by atoms with E-state index in [9.17, 15) is 41.7 Å². The van der Waals surface area contributed by atoms with Crippen LogP contribution in [0.5, 0.6) is 0 Å². The van der Waals surface area contributed by atoms with E-state index in [0.29, 0.717) is 24.0 Å². The molecule has 0 atom stereocenters. The number of hydrogen-bond acceptors (Lipinski definition) is 4. The van der Waals surface area contributed by atoms with Gasteiger partial charge in [-0.15, -0.1) is 11.3 Å². The summed E-state index contributed by atoms with van der Waals surface area (Å²) in [5.74, 6) is 0. The third kappa shape index (κ3) is 5.25. The first-order valence-electron chi connectivity index (χ1n) is 10.8. The molecular formula is C25H24F6O3S. The van der Waals surface area contributed by atoms with Crippen LogP contribution >= 0.6 is 11.3 Å². The zero-order chi connectivity index (χ0) is 26.0. The molecule has 3 N–H and O–H groups in total. The number of thiophene rings is 1. The van der Waals surface area contributed by atoms with Gasteiger partial charge < -0.3 is 15.3 Å². The van der Waals surface area contributed by atoms with Crippen molar-refractivity contribution in [3.8, 4) is 11.1 Å². The van der Waals surface area contributed by atoms with Crippen molar-refractivity contribution in [1.29, 1.82) is 0 Å². The first kappa shape index (κ1) is 27.2. The normalized spacial score (nSPS) is 12.9. The summed E-state index contributed by atoms with van der Waals surface area (Å²) in [5, 5.41) is 30.4. The molecule has 3 rings (SSSR count). The lowest BCUT2D eigenvalue weighted by molar-refractivity contribution is -0.376. The Hall–Kier alpha value is -2.40. The summed E-state index contributed by atoms with van der Waals surface area (Å²) in [4.78, 5) is 0.729. The third-order valence-electron chi connectivity index (χ3n) is 5.95. The highest BCUT2D eigenvalue weighted by Gasteiger charge is 2.72. The van der Waals surface area contributed by atoms with Gasteiger partial charge in [-0.25, -0.2) is 0 Å². The molecule has 2 aromatic carbocycles. The fourth-order valence-electron chi connectivity index (χ4n) is 4.06. The summed E-state index contributed by atoms with van der Waals surface area (Å²) < 4.78 is 82.4. The lowest BCUT2D eigenvalue weighted by Crippen LogP contribution is -2.54. The van der Waals surface area contributed by atoms with Gasteiger partial charge in [0.15, 0.2) is 0 Å². The van der Waals surface area contributed by atoms with Crippen molar-refractivity contribution >= 4 is 11.3 Å². The van der Waals surface area contributed by atoms with Crippen molar-refractivity contribution in [2.24, 2.45) is 0 Å². The van der Waals surface area contributed by atoms with Crippen molar-refractivity contribution in [3.05, 3.63) is 80.5 Å². The van der Waals surface area contributed by atoms with E-state index >= 15 is 0 Å². The summed E-state index contributed by atoms with van der Waals surface area (Å²) in [6, 6.07) is 10.4. The molecule has 0 saturated heterocycles. The van der Waals surface area contributed by atoms with E-state index in [4.69, 9.17) is 0 Å². The fraction of sp³-hybridized carbons (Fsp3) is 0.360. The van der Waals surface area contributed by atoms with Crippen LogP contribution in [0, 0.1) is 0 Å². The number of aliphatic hydroxyl groups excluding tert-OH is 2. The van der Waals surface area contributed by atoms with E-state index in [1.807, 2.05) is 0 Å². The smallest absolute Gasteiger partial charge is 0.392 e. The van der Waals surface area contributed by atoms with E-state index in [0.717, 1.165) is 22.6 Å². The molecule has 0 aliphatic carbocycles. The lowest BCUT2D eigenvalue weighted by Gasteiger charge is -2.35. The molecule has 1 aromatic heterocycles. The number of halogens is 6. The van der Waals surface area contributed by atoms with Gasteiger partial charge in [0.2, 0.25) is 0 Å². The Balaban J connectivity index is 1.99. The second kappa shape index (κ2) is 10.3. The Kier molecular flexibility index (Phi) is 8.00. The number of aliphatic hydroxyl groups is 3. The number of rotatable bonds is 8. The molecule has 0 unspecified atom stereocenters. The zero-order valence-electron chi connectivity index (χ0n) is 18.7. The van der Waals surface area contributed by atoms with Crippen LogP contribution in [0.4, 0.5) is 26.3 Å². The van der Waals surface area contributed by atoms with Crippen molar-refractivity contribution < 1.29 is 41.7 Å². The molecule has 1 heterocycles. The highest BCUT2D eigenvalue weighted by molar-refractivity contribution is 7.10. The number of aryl methyl sites for hydroxylation is 3. The summed E-state index contributed by atoms with van der Waals surface area (Å²) in [6.45, 7) is 0.966. The summed E-state index contributed by atoms with van der Waals surface area (Å²) >= 11 is 1.20. The monoisotopic (exact) mass is 518 g/mol. The predicted molar refractivity (Wildman–Crippen MR) is 121 cm³/mol. The molecule has 0 aliphatic rings. The second-order valence-electron chi connectivity index (χ2n) is 8.12. The minimum Gasteiger partial charge on any atom is -0.392 e. The standard InChI is InChI=1S/C25H24F6O3S/c1-2-16-4-3-5-21(22(16)23(34,24(26,27)28)25(29,30)31)19-11-20(35-14-19)9-7-15-6-8-17(12-32)18(10-15)13-33/h3-6,8,10-11,14,32-34H,2,7,9,12-13H2,1H3. The van der Waals surface area contributed by atoms with Gasteiger partial charge in [0.25, 0.3) is 5.60 Å². The summed E-state index contributed by atoms with van der Waals surface area (Å²) in [7, 11) is 0. The van der Waals surface area contributed by atoms with Gasteiger partial charge in [-0.3, -0.25) is 0 Å². The highest BCUT2D eigenvalue weighted by atomic mass is 32.1. The minimum atomic E-state index is -5.98. The second-order valence-corrected chi connectivity index (χ2v) is 9.12. The molecule has 0 saturated carbocycles. The van der Waals surface area contributed by atoms with Crippen molar-refractivity contribution in [1.82, 2.24) is 0 Å². The summed E-state index contributed by atoms with van der Waals surface area (Å²) in [6.07, 6.45) is -11.1. The number of hydrogen-bond donors (Lipinski definition) is 3. The van der Waals surface area contributed by atoms with Gasteiger partial charge in [0.05, 0.1) is 13.2 Å². The molecule has 35 heavy (non-hydrogen) atoms. The molecule has 0 bridgehead atoms. The Morgan fingerprint density at radius 2 is 1.46 bits per heavy atom. The quantitative estimate of drug-likeness (QED) is 0.318. The topological polar surface area (TPSA) is 60.7 Å². The number of benzene rings is 2. The maximum atomic E-state index is 13.7. The molecule has 3 nitrogen and oxygen atoms in total. The molecule has 190 valence electrons. The average Bonchev–Trinajstić information content (AvgIpc) is 3.28. The van der Waals surface area contributed by atoms with Gasteiger partial charge in [-0.2, -0.15) is 26.3 Å². The average molecular weight is 519 g/mol. The van der Waals surface area contributed by atoms with Crippen LogP contribution < -0.4 is 0 Å². The van der Waals surface area contributed by atoms with Gasteiger partial charge >= 0.3 is 12.4 Å². The van der Waals surface area contributed by atoms with Crippen LogP contribution in [0.3, 0.4) is 0 Å². The SMILES string of the molecule is CCc1cccc(-c2csc(CCc3ccc(CO)c(CO)c3)c2)c1C(O)(C(F)(F)F)C(F)(F)F. The first-order chi connectivity index (χ1) is 16.4. The molecule has 10 heteroatoms. The van der Waals surface area contributed by atoms with Crippen LogP contribution in [-0.2, 0) is 38.1 Å². The Bertz CT molecular complexity index is 1150. The van der Waals surface area contributed by atoms with Gasteiger partial charge in [0, 0.05) is 10.4 Å². The van der Waals surface area contributed by atoms with Gasteiger partial charge in [-0.05, 0) is 64.1 Å². The molecule has 0 radical (unpaired) electrons. The maximum Gasteiger partial charge on any atom is 0.430 e. The van der Waals surface area contributed by atoms with Crippen LogP contribution in [0.1, 0.15) is 39.6 Å². The van der Waals surface area contributed by atoms with E-state index in [-0.39, 0.29) is 36.3 Å². The highest BCUT2D eigenvalue weighted by Crippen LogP contribution is 2.53. The van der Waals surface area contributed by atoms with Gasteiger partial charge in [0.1, 0.15) is 0 Å². The largest absolute Gasteiger partial charge is 0.430 e. The van der Waals surface area contributed by atoms with E-state index in [1.165, 1.54) is 35.8 Å². The maximum absolute atomic E-state index is 13.7. The van der Waals surface area contributed by atoms with Crippen LogP contribution in [0.2, 0.25) is 0 Å². The third-order valence-corrected chi connectivity index (χ3v) is 6.95.